The first-order valence-electron chi connectivity index (χ1n) is 6.06. The molecule has 0 bridgehead atoms. The molecule has 1 atom stereocenters. The highest BCUT2D eigenvalue weighted by atomic mass is 16.5. The molecule has 0 radical (unpaired) electrons. The van der Waals surface area contributed by atoms with E-state index in [1.165, 1.54) is 11.1 Å². The van der Waals surface area contributed by atoms with Crippen LogP contribution in [0.5, 0.6) is 5.75 Å². The topological polar surface area (TPSA) is 21.3 Å². The summed E-state index contributed by atoms with van der Waals surface area (Å²) in [6.07, 6.45) is 2.52. The lowest BCUT2D eigenvalue weighted by Crippen LogP contribution is -2.29. The minimum absolute atomic E-state index is 0.274. The molecule has 0 aliphatic heterocycles. The van der Waals surface area contributed by atoms with Crippen molar-refractivity contribution in [3.8, 4) is 5.75 Å². The minimum atomic E-state index is 0.274. The molecule has 2 nitrogen and oxygen atoms in total. The molecule has 2 heteroatoms. The van der Waals surface area contributed by atoms with E-state index in [1.807, 2.05) is 7.05 Å². The molecular formula is C14H23NO. The molecule has 16 heavy (non-hydrogen) atoms. The molecule has 0 saturated carbocycles. The second kappa shape index (κ2) is 6.54. The van der Waals surface area contributed by atoms with Crippen molar-refractivity contribution in [2.45, 2.75) is 39.7 Å². The van der Waals surface area contributed by atoms with Crippen molar-refractivity contribution in [2.24, 2.45) is 0 Å². The zero-order chi connectivity index (χ0) is 12.0. The number of likely N-dealkylation sites (N-methyl/N-ethyl adjacent to an activating group) is 1. The van der Waals surface area contributed by atoms with Crippen LogP contribution in [0.15, 0.2) is 18.2 Å². The van der Waals surface area contributed by atoms with Crippen molar-refractivity contribution in [1.29, 1.82) is 0 Å². The summed E-state index contributed by atoms with van der Waals surface area (Å²) in [5.41, 5.74) is 2.50. The molecule has 1 aromatic rings. The van der Waals surface area contributed by atoms with E-state index in [1.54, 1.807) is 0 Å². The van der Waals surface area contributed by atoms with E-state index in [-0.39, 0.29) is 6.10 Å². The number of rotatable bonds is 6. The number of aryl methyl sites for hydroxylation is 2. The van der Waals surface area contributed by atoms with E-state index in [2.05, 4.69) is 44.3 Å². The predicted octanol–water partition coefficient (Wildman–Crippen LogP) is 3.07. The molecule has 1 unspecified atom stereocenters. The van der Waals surface area contributed by atoms with Crippen molar-refractivity contribution in [3.05, 3.63) is 29.3 Å². The van der Waals surface area contributed by atoms with Crippen molar-refractivity contribution in [2.75, 3.05) is 13.6 Å². The fourth-order valence-corrected chi connectivity index (χ4v) is 1.86. The second-order valence-corrected chi connectivity index (χ2v) is 4.36. The van der Waals surface area contributed by atoms with Gasteiger partial charge in [0.05, 0.1) is 0 Å². The molecule has 1 rings (SSSR count). The lowest BCUT2D eigenvalue weighted by atomic mass is 10.1. The summed E-state index contributed by atoms with van der Waals surface area (Å²) < 4.78 is 6.02. The zero-order valence-corrected chi connectivity index (χ0v) is 10.8. The van der Waals surface area contributed by atoms with Crippen molar-refractivity contribution < 1.29 is 4.74 Å². The van der Waals surface area contributed by atoms with Crippen LogP contribution >= 0.6 is 0 Å². The summed E-state index contributed by atoms with van der Waals surface area (Å²) in [7, 11) is 1.97. The van der Waals surface area contributed by atoms with E-state index in [0.717, 1.165) is 25.1 Å². The molecule has 0 spiro atoms. The van der Waals surface area contributed by atoms with Gasteiger partial charge >= 0.3 is 0 Å². The van der Waals surface area contributed by atoms with Crippen LogP contribution in [0.2, 0.25) is 0 Å². The second-order valence-electron chi connectivity index (χ2n) is 4.36. The third-order valence-electron chi connectivity index (χ3n) is 2.67. The first kappa shape index (κ1) is 13.0. The molecule has 90 valence electrons. The summed E-state index contributed by atoms with van der Waals surface area (Å²) in [6, 6.07) is 6.34. The minimum Gasteiger partial charge on any atom is -0.489 e. The van der Waals surface area contributed by atoms with Gasteiger partial charge in [0, 0.05) is 6.54 Å². The number of ether oxygens (including phenoxy) is 1. The molecule has 0 aromatic heterocycles. The van der Waals surface area contributed by atoms with Gasteiger partial charge in [0.1, 0.15) is 11.9 Å². The van der Waals surface area contributed by atoms with Gasteiger partial charge in [-0.15, -0.1) is 0 Å². The Bertz CT molecular complexity index is 317. The molecule has 0 heterocycles. The van der Waals surface area contributed by atoms with E-state index < -0.39 is 0 Å². The monoisotopic (exact) mass is 221 g/mol. The Balaban J connectivity index is 2.68. The van der Waals surface area contributed by atoms with Gasteiger partial charge in [-0.2, -0.15) is 0 Å². The summed E-state index contributed by atoms with van der Waals surface area (Å²) in [4.78, 5) is 0. The summed E-state index contributed by atoms with van der Waals surface area (Å²) in [6.45, 7) is 7.30. The molecule has 0 aliphatic carbocycles. The van der Waals surface area contributed by atoms with E-state index in [4.69, 9.17) is 4.74 Å². The van der Waals surface area contributed by atoms with Gasteiger partial charge in [-0.25, -0.2) is 0 Å². The lowest BCUT2D eigenvalue weighted by molar-refractivity contribution is 0.188. The van der Waals surface area contributed by atoms with Crippen LogP contribution in [0.3, 0.4) is 0 Å². The van der Waals surface area contributed by atoms with Crippen LogP contribution in [-0.2, 0) is 0 Å². The Kier molecular flexibility index (Phi) is 5.33. The van der Waals surface area contributed by atoms with Crippen molar-refractivity contribution in [3.63, 3.8) is 0 Å². The van der Waals surface area contributed by atoms with E-state index in [9.17, 15) is 0 Å². The van der Waals surface area contributed by atoms with Gasteiger partial charge in [-0.3, -0.25) is 0 Å². The predicted molar refractivity (Wildman–Crippen MR) is 69.2 cm³/mol. The normalized spacial score (nSPS) is 12.5. The maximum Gasteiger partial charge on any atom is 0.122 e. The molecular weight excluding hydrogens is 198 g/mol. The largest absolute Gasteiger partial charge is 0.489 e. The smallest absolute Gasteiger partial charge is 0.122 e. The summed E-state index contributed by atoms with van der Waals surface area (Å²) in [5, 5.41) is 3.18. The lowest BCUT2D eigenvalue weighted by Gasteiger charge is -2.19. The van der Waals surface area contributed by atoms with E-state index >= 15 is 0 Å². The maximum absolute atomic E-state index is 6.02. The van der Waals surface area contributed by atoms with Gasteiger partial charge in [-0.1, -0.05) is 31.0 Å². The first-order chi connectivity index (χ1) is 7.67. The van der Waals surface area contributed by atoms with Crippen LogP contribution in [0.1, 0.15) is 30.9 Å². The summed E-state index contributed by atoms with van der Waals surface area (Å²) >= 11 is 0. The number of nitrogens with one attached hydrogen (secondary N) is 1. The van der Waals surface area contributed by atoms with Gasteiger partial charge in [0.25, 0.3) is 0 Å². The van der Waals surface area contributed by atoms with Gasteiger partial charge in [-0.05, 0) is 38.9 Å². The van der Waals surface area contributed by atoms with E-state index in [0.29, 0.717) is 0 Å². The highest BCUT2D eigenvalue weighted by Crippen LogP contribution is 2.20. The molecule has 0 fully saturated rings. The standard InChI is InChI=1S/C14H23NO/c1-5-6-13(10-15-4)16-14-8-7-11(2)9-12(14)3/h7-9,13,15H,5-6,10H2,1-4H3. The van der Waals surface area contributed by atoms with Crippen LogP contribution in [0, 0.1) is 13.8 Å². The molecule has 0 saturated heterocycles. The Morgan fingerprint density at radius 1 is 1.31 bits per heavy atom. The Labute approximate surface area is 99.0 Å². The first-order valence-corrected chi connectivity index (χ1v) is 6.06. The molecule has 0 amide bonds. The Hall–Kier alpha value is -1.02. The maximum atomic E-state index is 6.02. The third-order valence-corrected chi connectivity index (χ3v) is 2.67. The van der Waals surface area contributed by atoms with Crippen molar-refractivity contribution in [1.82, 2.24) is 5.32 Å². The molecule has 0 aliphatic rings. The zero-order valence-electron chi connectivity index (χ0n) is 10.8. The number of benzene rings is 1. The van der Waals surface area contributed by atoms with Gasteiger partial charge in [0.2, 0.25) is 0 Å². The molecule has 1 aromatic carbocycles. The van der Waals surface area contributed by atoms with Crippen LogP contribution < -0.4 is 10.1 Å². The fraction of sp³-hybridized carbons (Fsp3) is 0.571. The highest BCUT2D eigenvalue weighted by Gasteiger charge is 2.09. The van der Waals surface area contributed by atoms with Crippen LogP contribution in [-0.4, -0.2) is 19.7 Å². The highest BCUT2D eigenvalue weighted by molar-refractivity contribution is 5.35. The fourth-order valence-electron chi connectivity index (χ4n) is 1.86. The van der Waals surface area contributed by atoms with Crippen LogP contribution in [0.4, 0.5) is 0 Å². The number of hydrogen-bond acceptors (Lipinski definition) is 2. The van der Waals surface area contributed by atoms with Crippen molar-refractivity contribution >= 4 is 0 Å². The Morgan fingerprint density at radius 2 is 2.06 bits per heavy atom. The average Bonchev–Trinajstić information content (AvgIpc) is 2.23. The Morgan fingerprint density at radius 3 is 2.62 bits per heavy atom. The quantitative estimate of drug-likeness (QED) is 0.797. The van der Waals surface area contributed by atoms with Crippen LogP contribution in [0.25, 0.3) is 0 Å². The average molecular weight is 221 g/mol. The SMILES string of the molecule is CCCC(CNC)Oc1ccc(C)cc1C. The van der Waals surface area contributed by atoms with Gasteiger partial charge < -0.3 is 10.1 Å². The summed E-state index contributed by atoms with van der Waals surface area (Å²) in [5.74, 6) is 1.01. The van der Waals surface area contributed by atoms with Gasteiger partial charge in [0.15, 0.2) is 0 Å². The third kappa shape index (κ3) is 3.86. The molecule has 1 N–H and O–H groups in total. The number of hydrogen-bond donors (Lipinski definition) is 1.